The summed E-state index contributed by atoms with van der Waals surface area (Å²) in [6, 6.07) is 0.720. The lowest BCUT2D eigenvalue weighted by Gasteiger charge is -2.23. The van der Waals surface area contributed by atoms with Crippen molar-refractivity contribution in [3.63, 3.8) is 0 Å². The van der Waals surface area contributed by atoms with Gasteiger partial charge in [0.15, 0.2) is 0 Å². The van der Waals surface area contributed by atoms with Crippen LogP contribution >= 0.6 is 0 Å². The first-order valence-electron chi connectivity index (χ1n) is 4.79. The topological polar surface area (TPSA) is 3.24 Å². The van der Waals surface area contributed by atoms with E-state index in [4.69, 9.17) is 0 Å². The average Bonchev–Trinajstić information content (AvgIpc) is 2.51. The minimum atomic E-state index is 0.720. The highest BCUT2D eigenvalue weighted by Crippen LogP contribution is 2.24. The van der Waals surface area contributed by atoms with E-state index in [1.54, 1.807) is 0 Å². The fraction of sp³-hybridized carbons (Fsp3) is 0.636. The van der Waals surface area contributed by atoms with Crippen molar-refractivity contribution in [3.05, 3.63) is 24.6 Å². The summed E-state index contributed by atoms with van der Waals surface area (Å²) in [5, 5.41) is 0. The Morgan fingerprint density at radius 1 is 1.33 bits per heavy atom. The van der Waals surface area contributed by atoms with Gasteiger partial charge < -0.3 is 4.90 Å². The third kappa shape index (κ3) is 2.40. The van der Waals surface area contributed by atoms with E-state index in [0.29, 0.717) is 0 Å². The van der Waals surface area contributed by atoms with Crippen molar-refractivity contribution in [2.45, 2.75) is 45.6 Å². The minimum Gasteiger partial charge on any atom is -0.352 e. The molecule has 68 valence electrons. The molecule has 0 spiro atoms. The Hall–Kier alpha value is -0.720. The molecule has 1 aliphatic rings. The van der Waals surface area contributed by atoms with Crippen molar-refractivity contribution in [1.82, 2.24) is 4.90 Å². The first-order chi connectivity index (χ1) is 5.74. The molecule has 1 rings (SSSR count). The van der Waals surface area contributed by atoms with E-state index in [9.17, 15) is 0 Å². The molecule has 1 saturated carbocycles. The molecule has 0 aromatic carbocycles. The molecule has 0 atom stereocenters. The van der Waals surface area contributed by atoms with Crippen LogP contribution in [0, 0.1) is 0 Å². The monoisotopic (exact) mass is 165 g/mol. The largest absolute Gasteiger partial charge is 0.352 e. The van der Waals surface area contributed by atoms with E-state index in [1.807, 2.05) is 6.20 Å². The molecule has 1 nitrogen and oxygen atoms in total. The van der Waals surface area contributed by atoms with Crippen LogP contribution in [0.15, 0.2) is 24.6 Å². The Morgan fingerprint density at radius 2 is 1.92 bits per heavy atom. The number of hydrogen-bond acceptors (Lipinski definition) is 1. The van der Waals surface area contributed by atoms with Crippen LogP contribution in [-0.4, -0.2) is 10.9 Å². The summed E-state index contributed by atoms with van der Waals surface area (Å²) in [4.78, 5) is 2.27. The summed E-state index contributed by atoms with van der Waals surface area (Å²) in [6.45, 7) is 8.10. The molecule has 1 heteroatoms. The van der Waals surface area contributed by atoms with E-state index in [0.717, 1.165) is 6.04 Å². The van der Waals surface area contributed by atoms with Crippen molar-refractivity contribution in [1.29, 1.82) is 0 Å². The number of rotatable bonds is 3. The zero-order chi connectivity index (χ0) is 8.97. The molecule has 1 fully saturated rings. The number of nitrogens with zero attached hydrogens (tertiary/aromatic N) is 1. The summed E-state index contributed by atoms with van der Waals surface area (Å²) < 4.78 is 0. The summed E-state index contributed by atoms with van der Waals surface area (Å²) in [5.41, 5.74) is 1.35. The van der Waals surface area contributed by atoms with Crippen molar-refractivity contribution in [2.24, 2.45) is 0 Å². The van der Waals surface area contributed by atoms with Crippen LogP contribution in [0.2, 0.25) is 0 Å². The molecular formula is C11H19N. The van der Waals surface area contributed by atoms with Gasteiger partial charge in [-0.05, 0) is 32.9 Å². The molecule has 0 aromatic rings. The minimum absolute atomic E-state index is 0.720. The van der Waals surface area contributed by atoms with Gasteiger partial charge in [-0.3, -0.25) is 0 Å². The fourth-order valence-electron chi connectivity index (χ4n) is 1.81. The van der Waals surface area contributed by atoms with Gasteiger partial charge in [-0.1, -0.05) is 25.0 Å². The zero-order valence-electron chi connectivity index (χ0n) is 8.21. The van der Waals surface area contributed by atoms with Gasteiger partial charge in [0.2, 0.25) is 0 Å². The molecule has 0 radical (unpaired) electrons. The first kappa shape index (κ1) is 9.37. The Balaban J connectivity index is 2.54. The summed E-state index contributed by atoms with van der Waals surface area (Å²) in [6.07, 6.45) is 9.56. The van der Waals surface area contributed by atoms with Gasteiger partial charge >= 0.3 is 0 Å². The molecule has 12 heavy (non-hydrogen) atoms. The van der Waals surface area contributed by atoms with Gasteiger partial charge in [0.05, 0.1) is 0 Å². The highest BCUT2D eigenvalue weighted by Gasteiger charge is 2.17. The second-order valence-electron chi connectivity index (χ2n) is 3.77. The molecule has 0 heterocycles. The molecular weight excluding hydrogens is 146 g/mol. The predicted molar refractivity (Wildman–Crippen MR) is 53.7 cm³/mol. The molecule has 0 aliphatic heterocycles. The summed E-state index contributed by atoms with van der Waals surface area (Å²) in [5.74, 6) is 0. The van der Waals surface area contributed by atoms with Crippen molar-refractivity contribution >= 4 is 0 Å². The van der Waals surface area contributed by atoms with Crippen LogP contribution in [0.4, 0.5) is 0 Å². The van der Waals surface area contributed by atoms with Crippen LogP contribution in [-0.2, 0) is 0 Å². The van der Waals surface area contributed by atoms with Crippen molar-refractivity contribution in [2.75, 3.05) is 0 Å². The summed E-state index contributed by atoms with van der Waals surface area (Å²) in [7, 11) is 0. The third-order valence-electron chi connectivity index (χ3n) is 2.36. The van der Waals surface area contributed by atoms with Crippen LogP contribution in [0.5, 0.6) is 0 Å². The van der Waals surface area contributed by atoms with E-state index in [-0.39, 0.29) is 0 Å². The second-order valence-corrected chi connectivity index (χ2v) is 3.77. The maximum atomic E-state index is 3.84. The maximum Gasteiger partial charge on any atom is 0.0330 e. The smallest absolute Gasteiger partial charge is 0.0330 e. The van der Waals surface area contributed by atoms with Gasteiger partial charge in [0.1, 0.15) is 0 Å². The molecule has 0 aromatic heterocycles. The lowest BCUT2D eigenvalue weighted by molar-refractivity contribution is 0.369. The number of hydrogen-bond donors (Lipinski definition) is 0. The average molecular weight is 165 g/mol. The van der Waals surface area contributed by atoms with E-state index < -0.39 is 0 Å². The number of allylic oxidation sites excluding steroid dienone is 1. The van der Waals surface area contributed by atoms with Crippen molar-refractivity contribution in [3.8, 4) is 0 Å². The quantitative estimate of drug-likeness (QED) is 0.620. The van der Waals surface area contributed by atoms with E-state index in [2.05, 4.69) is 31.5 Å². The van der Waals surface area contributed by atoms with Gasteiger partial charge in [0, 0.05) is 12.2 Å². The van der Waals surface area contributed by atoms with Gasteiger partial charge in [-0.2, -0.15) is 0 Å². The molecule has 0 bridgehead atoms. The van der Waals surface area contributed by atoms with E-state index in [1.165, 1.54) is 31.3 Å². The normalized spacial score (nSPS) is 17.5. The van der Waals surface area contributed by atoms with Gasteiger partial charge in [0.25, 0.3) is 0 Å². The maximum absolute atomic E-state index is 3.84. The molecule has 0 saturated heterocycles. The Bertz CT molecular complexity index is 171. The van der Waals surface area contributed by atoms with Crippen LogP contribution in [0.3, 0.4) is 0 Å². The van der Waals surface area contributed by atoms with Crippen LogP contribution < -0.4 is 0 Å². The standard InChI is InChI=1S/C11H19N/c1-4-12(9-10(2)3)11-7-5-6-8-11/h4,9,11H,1,5-8H2,2-3H3. The highest BCUT2D eigenvalue weighted by molar-refractivity contribution is 4.99. The summed E-state index contributed by atoms with van der Waals surface area (Å²) >= 11 is 0. The Kier molecular flexibility index (Phi) is 3.39. The SMILES string of the molecule is C=CN(C=C(C)C)C1CCCC1. The Labute approximate surface area is 75.8 Å². The third-order valence-corrected chi connectivity index (χ3v) is 2.36. The Morgan fingerprint density at radius 3 is 2.33 bits per heavy atom. The van der Waals surface area contributed by atoms with Crippen molar-refractivity contribution < 1.29 is 0 Å². The first-order valence-corrected chi connectivity index (χ1v) is 4.79. The second kappa shape index (κ2) is 4.34. The lowest BCUT2D eigenvalue weighted by atomic mass is 10.2. The molecule has 0 amide bonds. The highest BCUT2D eigenvalue weighted by atomic mass is 15.1. The predicted octanol–water partition coefficient (Wildman–Crippen LogP) is 3.30. The molecule has 0 unspecified atom stereocenters. The fourth-order valence-corrected chi connectivity index (χ4v) is 1.81. The van der Waals surface area contributed by atoms with Crippen LogP contribution in [0.25, 0.3) is 0 Å². The van der Waals surface area contributed by atoms with Gasteiger partial charge in [-0.15, -0.1) is 0 Å². The molecule has 0 N–H and O–H groups in total. The molecule has 1 aliphatic carbocycles. The van der Waals surface area contributed by atoms with Gasteiger partial charge in [-0.25, -0.2) is 0 Å². The van der Waals surface area contributed by atoms with Crippen LogP contribution in [0.1, 0.15) is 39.5 Å². The zero-order valence-corrected chi connectivity index (χ0v) is 8.21. The lowest BCUT2D eigenvalue weighted by Crippen LogP contribution is -2.22. The van der Waals surface area contributed by atoms with E-state index >= 15 is 0 Å².